The molecule has 0 spiro atoms. The summed E-state index contributed by atoms with van der Waals surface area (Å²) in [5.41, 5.74) is 2.78. The molecule has 0 aliphatic carbocycles. The van der Waals surface area contributed by atoms with Crippen molar-refractivity contribution in [3.05, 3.63) is 71.2 Å². The lowest BCUT2D eigenvalue weighted by atomic mass is 10.1. The normalized spacial score (nSPS) is 13.6. The van der Waals surface area contributed by atoms with Crippen LogP contribution in [0.5, 0.6) is 0 Å². The highest BCUT2D eigenvalue weighted by Crippen LogP contribution is 2.31. The first kappa shape index (κ1) is 18.4. The maximum Gasteiger partial charge on any atom is 0.338 e. The van der Waals surface area contributed by atoms with E-state index in [1.54, 1.807) is 42.6 Å². The van der Waals surface area contributed by atoms with Crippen LogP contribution in [0.15, 0.2) is 48.7 Å². The number of sulfonamides is 1. The number of aromatic nitrogens is 1. The van der Waals surface area contributed by atoms with Crippen molar-refractivity contribution >= 4 is 32.6 Å². The maximum absolute atomic E-state index is 13.9. The standard InChI is InChI=1S/C20H17FN2O4S/c1-28(25,26)23-10-8-13-11-14(5-7-18(13)23)20(24)27-12-15-4-6-17(21)16-3-2-9-22-19(15)16/h2-7,9,11H,8,10,12H2,1H3. The minimum atomic E-state index is -3.34. The Bertz CT molecular complexity index is 1190. The van der Waals surface area contributed by atoms with E-state index in [0.29, 0.717) is 40.7 Å². The van der Waals surface area contributed by atoms with Gasteiger partial charge in [0.1, 0.15) is 12.4 Å². The number of anilines is 1. The Morgan fingerprint density at radius 3 is 2.86 bits per heavy atom. The Morgan fingerprint density at radius 1 is 1.25 bits per heavy atom. The highest BCUT2D eigenvalue weighted by atomic mass is 32.2. The van der Waals surface area contributed by atoms with Crippen molar-refractivity contribution in [1.29, 1.82) is 0 Å². The first-order valence-electron chi connectivity index (χ1n) is 8.64. The van der Waals surface area contributed by atoms with Crippen LogP contribution in [0.25, 0.3) is 10.9 Å². The summed E-state index contributed by atoms with van der Waals surface area (Å²) in [6, 6.07) is 11.0. The molecule has 28 heavy (non-hydrogen) atoms. The average Bonchev–Trinajstić information content (AvgIpc) is 3.11. The molecular weight excluding hydrogens is 383 g/mol. The number of pyridine rings is 1. The van der Waals surface area contributed by atoms with E-state index in [1.807, 2.05) is 0 Å². The SMILES string of the molecule is CS(=O)(=O)N1CCc2cc(C(=O)OCc3ccc(F)c4cccnc34)ccc21. The molecule has 8 heteroatoms. The zero-order valence-corrected chi connectivity index (χ0v) is 15.9. The molecule has 1 aliphatic rings. The number of ether oxygens (including phenoxy) is 1. The number of nitrogens with zero attached hydrogens (tertiary/aromatic N) is 2. The first-order chi connectivity index (χ1) is 13.3. The van der Waals surface area contributed by atoms with E-state index < -0.39 is 16.0 Å². The largest absolute Gasteiger partial charge is 0.457 e. The Labute approximate surface area is 161 Å². The van der Waals surface area contributed by atoms with Crippen molar-refractivity contribution in [2.24, 2.45) is 0 Å². The second kappa shape index (κ2) is 6.87. The molecule has 0 fully saturated rings. The van der Waals surface area contributed by atoms with Crippen LogP contribution in [-0.2, 0) is 27.8 Å². The third-order valence-electron chi connectivity index (χ3n) is 4.73. The lowest BCUT2D eigenvalue weighted by molar-refractivity contribution is 0.0474. The van der Waals surface area contributed by atoms with E-state index in [-0.39, 0.29) is 12.4 Å². The highest BCUT2D eigenvalue weighted by Gasteiger charge is 2.27. The van der Waals surface area contributed by atoms with Gasteiger partial charge in [0.2, 0.25) is 10.0 Å². The Kier molecular flexibility index (Phi) is 4.50. The molecule has 0 bridgehead atoms. The summed E-state index contributed by atoms with van der Waals surface area (Å²) in [4.78, 5) is 16.6. The molecule has 4 rings (SSSR count). The fourth-order valence-corrected chi connectivity index (χ4v) is 4.34. The molecular formula is C20H17FN2O4S. The summed E-state index contributed by atoms with van der Waals surface area (Å²) in [6.45, 7) is 0.319. The van der Waals surface area contributed by atoms with Crippen LogP contribution in [0, 0.1) is 5.82 Å². The van der Waals surface area contributed by atoms with Gasteiger partial charge in [-0.3, -0.25) is 9.29 Å². The molecule has 3 aromatic rings. The predicted molar refractivity (Wildman–Crippen MR) is 103 cm³/mol. The number of carbonyl (C=O) groups excluding carboxylic acids is 1. The van der Waals surface area contributed by atoms with Crippen LogP contribution in [0.1, 0.15) is 21.5 Å². The molecule has 1 aliphatic heterocycles. The van der Waals surface area contributed by atoms with Crippen molar-refractivity contribution in [3.63, 3.8) is 0 Å². The molecule has 0 radical (unpaired) electrons. The maximum atomic E-state index is 13.9. The lowest BCUT2D eigenvalue weighted by Crippen LogP contribution is -2.27. The summed E-state index contributed by atoms with van der Waals surface area (Å²) >= 11 is 0. The molecule has 144 valence electrons. The molecule has 2 aromatic carbocycles. The first-order valence-corrected chi connectivity index (χ1v) is 10.5. The van der Waals surface area contributed by atoms with Crippen molar-refractivity contribution < 1.29 is 22.3 Å². The van der Waals surface area contributed by atoms with Crippen molar-refractivity contribution in [1.82, 2.24) is 4.98 Å². The van der Waals surface area contributed by atoms with Gasteiger partial charge in [-0.05, 0) is 48.4 Å². The van der Waals surface area contributed by atoms with Crippen molar-refractivity contribution in [2.75, 3.05) is 17.1 Å². The Morgan fingerprint density at radius 2 is 2.07 bits per heavy atom. The minimum Gasteiger partial charge on any atom is -0.457 e. The van der Waals surface area contributed by atoms with E-state index in [0.717, 1.165) is 11.8 Å². The van der Waals surface area contributed by atoms with Crippen LogP contribution in [0.4, 0.5) is 10.1 Å². The number of benzene rings is 2. The average molecular weight is 400 g/mol. The number of hydrogen-bond acceptors (Lipinski definition) is 5. The summed E-state index contributed by atoms with van der Waals surface area (Å²) < 4.78 is 44.2. The van der Waals surface area contributed by atoms with Crippen LogP contribution < -0.4 is 4.31 Å². The number of carbonyl (C=O) groups is 1. The van der Waals surface area contributed by atoms with Gasteiger partial charge in [-0.2, -0.15) is 0 Å². The molecule has 6 nitrogen and oxygen atoms in total. The van der Waals surface area contributed by atoms with Gasteiger partial charge in [0.15, 0.2) is 0 Å². The monoisotopic (exact) mass is 400 g/mol. The van der Waals surface area contributed by atoms with Crippen LogP contribution in [0.3, 0.4) is 0 Å². The van der Waals surface area contributed by atoms with Gasteiger partial charge >= 0.3 is 5.97 Å². The van der Waals surface area contributed by atoms with Gasteiger partial charge in [0, 0.05) is 23.7 Å². The molecule has 0 amide bonds. The van der Waals surface area contributed by atoms with Crippen LogP contribution in [0.2, 0.25) is 0 Å². The van der Waals surface area contributed by atoms with Crippen LogP contribution in [-0.4, -0.2) is 32.2 Å². The molecule has 2 heterocycles. The van der Waals surface area contributed by atoms with E-state index in [1.165, 1.54) is 10.4 Å². The molecule has 0 unspecified atom stereocenters. The smallest absolute Gasteiger partial charge is 0.338 e. The number of rotatable bonds is 4. The third-order valence-corrected chi connectivity index (χ3v) is 5.91. The fourth-order valence-electron chi connectivity index (χ4n) is 3.38. The van der Waals surface area contributed by atoms with E-state index >= 15 is 0 Å². The predicted octanol–water partition coefficient (Wildman–Crippen LogP) is 3.05. The zero-order valence-electron chi connectivity index (χ0n) is 15.1. The second-order valence-electron chi connectivity index (χ2n) is 6.61. The fraction of sp³-hybridized carbons (Fsp3) is 0.200. The van der Waals surface area contributed by atoms with Gasteiger partial charge in [-0.25, -0.2) is 17.6 Å². The molecule has 0 saturated heterocycles. The van der Waals surface area contributed by atoms with Gasteiger partial charge in [0.05, 0.1) is 23.0 Å². The summed E-state index contributed by atoms with van der Waals surface area (Å²) in [7, 11) is -3.34. The number of halogens is 1. The number of fused-ring (bicyclic) bond motifs is 2. The molecule has 1 aromatic heterocycles. The van der Waals surface area contributed by atoms with Crippen LogP contribution >= 0.6 is 0 Å². The van der Waals surface area contributed by atoms with Crippen molar-refractivity contribution in [3.8, 4) is 0 Å². The van der Waals surface area contributed by atoms with Gasteiger partial charge in [-0.15, -0.1) is 0 Å². The van der Waals surface area contributed by atoms with E-state index in [9.17, 15) is 17.6 Å². The summed E-state index contributed by atoms with van der Waals surface area (Å²) in [5.74, 6) is -0.916. The number of esters is 1. The highest BCUT2D eigenvalue weighted by molar-refractivity contribution is 7.92. The quantitative estimate of drug-likeness (QED) is 0.629. The Hall–Kier alpha value is -3.00. The van der Waals surface area contributed by atoms with E-state index in [4.69, 9.17) is 4.74 Å². The van der Waals surface area contributed by atoms with Gasteiger partial charge in [0.25, 0.3) is 0 Å². The third kappa shape index (κ3) is 3.31. The Balaban J connectivity index is 1.54. The lowest BCUT2D eigenvalue weighted by Gasteiger charge is -2.16. The number of hydrogen-bond donors (Lipinski definition) is 0. The second-order valence-corrected chi connectivity index (χ2v) is 8.52. The summed E-state index contributed by atoms with van der Waals surface area (Å²) in [5, 5.41) is 0.370. The molecule has 0 atom stereocenters. The van der Waals surface area contributed by atoms with E-state index in [2.05, 4.69) is 4.98 Å². The summed E-state index contributed by atoms with van der Waals surface area (Å²) in [6.07, 6.45) is 3.25. The topological polar surface area (TPSA) is 76.6 Å². The van der Waals surface area contributed by atoms with Gasteiger partial charge < -0.3 is 4.74 Å². The minimum absolute atomic E-state index is 0.0425. The molecule has 0 saturated carbocycles. The van der Waals surface area contributed by atoms with Crippen molar-refractivity contribution in [2.45, 2.75) is 13.0 Å². The zero-order chi connectivity index (χ0) is 19.9. The van der Waals surface area contributed by atoms with Gasteiger partial charge in [-0.1, -0.05) is 6.07 Å². The molecule has 0 N–H and O–H groups in total.